The molecule has 1 unspecified atom stereocenters. The standard InChI is InChI=1S/C14H16N4O2/c1-10-9-17(7-5-15-10)13(19)11-8-16-12-4-2-3-6-18(12)14(11)20/h2-4,6,8,10,15H,5,7,9H2,1H3. The van der Waals surface area contributed by atoms with Crippen molar-refractivity contribution in [1.82, 2.24) is 19.6 Å². The van der Waals surface area contributed by atoms with Gasteiger partial charge in [-0.25, -0.2) is 4.98 Å². The smallest absolute Gasteiger partial charge is 0.270 e. The number of pyridine rings is 1. The first-order valence-corrected chi connectivity index (χ1v) is 6.66. The highest BCUT2D eigenvalue weighted by Gasteiger charge is 2.24. The highest BCUT2D eigenvalue weighted by molar-refractivity contribution is 5.93. The predicted molar refractivity (Wildman–Crippen MR) is 74.8 cm³/mol. The molecule has 1 aliphatic heterocycles. The van der Waals surface area contributed by atoms with Crippen molar-refractivity contribution in [2.45, 2.75) is 13.0 Å². The minimum Gasteiger partial charge on any atom is -0.336 e. The molecule has 1 N–H and O–H groups in total. The molecule has 3 heterocycles. The van der Waals surface area contributed by atoms with E-state index in [1.165, 1.54) is 10.6 Å². The maximum atomic E-state index is 12.5. The van der Waals surface area contributed by atoms with Crippen molar-refractivity contribution in [2.24, 2.45) is 0 Å². The number of amides is 1. The average Bonchev–Trinajstić information content (AvgIpc) is 2.47. The van der Waals surface area contributed by atoms with Gasteiger partial charge in [-0.15, -0.1) is 0 Å². The molecule has 1 amide bonds. The van der Waals surface area contributed by atoms with Crippen molar-refractivity contribution in [3.63, 3.8) is 0 Å². The zero-order valence-electron chi connectivity index (χ0n) is 11.2. The lowest BCUT2D eigenvalue weighted by Crippen LogP contribution is -2.52. The molecule has 0 aromatic carbocycles. The second-order valence-corrected chi connectivity index (χ2v) is 5.01. The number of hydrogen-bond acceptors (Lipinski definition) is 4. The van der Waals surface area contributed by atoms with Crippen LogP contribution in [0.4, 0.5) is 0 Å². The summed E-state index contributed by atoms with van der Waals surface area (Å²) in [6, 6.07) is 5.53. The Morgan fingerprint density at radius 2 is 2.30 bits per heavy atom. The van der Waals surface area contributed by atoms with Crippen LogP contribution in [0, 0.1) is 0 Å². The van der Waals surface area contributed by atoms with E-state index in [0.717, 1.165) is 6.54 Å². The van der Waals surface area contributed by atoms with Crippen LogP contribution in [0.1, 0.15) is 17.3 Å². The fourth-order valence-corrected chi connectivity index (χ4v) is 2.46. The summed E-state index contributed by atoms with van der Waals surface area (Å²) < 4.78 is 1.40. The summed E-state index contributed by atoms with van der Waals surface area (Å²) in [4.78, 5) is 30.7. The van der Waals surface area contributed by atoms with Gasteiger partial charge in [0.2, 0.25) is 0 Å². The predicted octanol–water partition coefficient (Wildman–Crippen LogP) is 0.128. The van der Waals surface area contributed by atoms with Crippen molar-refractivity contribution in [3.8, 4) is 0 Å². The van der Waals surface area contributed by atoms with Gasteiger partial charge < -0.3 is 10.2 Å². The molecule has 1 fully saturated rings. The Morgan fingerprint density at radius 1 is 1.45 bits per heavy atom. The molecule has 0 spiro atoms. The van der Waals surface area contributed by atoms with Crippen LogP contribution in [0.5, 0.6) is 0 Å². The van der Waals surface area contributed by atoms with Crippen LogP contribution in [-0.4, -0.2) is 45.9 Å². The number of hydrogen-bond donors (Lipinski definition) is 1. The summed E-state index contributed by atoms with van der Waals surface area (Å²) >= 11 is 0. The molecule has 1 aliphatic rings. The third-order valence-electron chi connectivity index (χ3n) is 3.50. The molecule has 6 nitrogen and oxygen atoms in total. The van der Waals surface area contributed by atoms with E-state index in [9.17, 15) is 9.59 Å². The summed E-state index contributed by atoms with van der Waals surface area (Å²) in [5.74, 6) is -0.242. The summed E-state index contributed by atoms with van der Waals surface area (Å²) in [5, 5.41) is 3.27. The van der Waals surface area contributed by atoms with Gasteiger partial charge in [-0.2, -0.15) is 0 Å². The van der Waals surface area contributed by atoms with E-state index in [2.05, 4.69) is 10.3 Å². The van der Waals surface area contributed by atoms with Gasteiger partial charge in [-0.05, 0) is 19.1 Å². The normalized spacial score (nSPS) is 19.2. The van der Waals surface area contributed by atoms with Crippen molar-refractivity contribution >= 4 is 11.6 Å². The Balaban J connectivity index is 1.99. The Labute approximate surface area is 116 Å². The third kappa shape index (κ3) is 2.18. The first-order valence-electron chi connectivity index (χ1n) is 6.66. The average molecular weight is 272 g/mol. The number of aromatic nitrogens is 2. The number of carbonyl (C=O) groups is 1. The first-order chi connectivity index (χ1) is 9.66. The van der Waals surface area contributed by atoms with E-state index < -0.39 is 0 Å². The Kier molecular flexibility index (Phi) is 3.23. The molecule has 1 atom stereocenters. The van der Waals surface area contributed by atoms with Gasteiger partial charge in [-0.3, -0.25) is 14.0 Å². The Bertz CT molecular complexity index is 710. The van der Waals surface area contributed by atoms with Crippen molar-refractivity contribution in [2.75, 3.05) is 19.6 Å². The second kappa shape index (κ2) is 5.05. The van der Waals surface area contributed by atoms with Crippen molar-refractivity contribution < 1.29 is 4.79 Å². The lowest BCUT2D eigenvalue weighted by Gasteiger charge is -2.31. The van der Waals surface area contributed by atoms with Gasteiger partial charge in [0.15, 0.2) is 0 Å². The third-order valence-corrected chi connectivity index (χ3v) is 3.50. The number of rotatable bonds is 1. The fourth-order valence-electron chi connectivity index (χ4n) is 2.46. The van der Waals surface area contributed by atoms with E-state index in [1.807, 2.05) is 6.92 Å². The minimum atomic E-state index is -0.313. The molecule has 2 aromatic heterocycles. The molecule has 1 saturated heterocycles. The van der Waals surface area contributed by atoms with Gasteiger partial charge in [0.1, 0.15) is 11.2 Å². The zero-order valence-corrected chi connectivity index (χ0v) is 11.2. The molecule has 104 valence electrons. The van der Waals surface area contributed by atoms with Crippen LogP contribution in [0.3, 0.4) is 0 Å². The van der Waals surface area contributed by atoms with Crippen LogP contribution in [0.2, 0.25) is 0 Å². The molecule has 6 heteroatoms. The number of carbonyl (C=O) groups excluding carboxylic acids is 1. The first kappa shape index (κ1) is 12.8. The highest BCUT2D eigenvalue weighted by atomic mass is 16.2. The Morgan fingerprint density at radius 3 is 3.10 bits per heavy atom. The molecular weight excluding hydrogens is 256 g/mol. The van der Waals surface area contributed by atoms with Gasteiger partial charge >= 0.3 is 0 Å². The topological polar surface area (TPSA) is 66.7 Å². The summed E-state index contributed by atoms with van der Waals surface area (Å²) in [6.45, 7) is 3.98. The van der Waals surface area contributed by atoms with E-state index >= 15 is 0 Å². The minimum absolute atomic E-state index is 0.128. The van der Waals surface area contributed by atoms with Gasteiger partial charge in [0.25, 0.3) is 11.5 Å². The van der Waals surface area contributed by atoms with E-state index in [0.29, 0.717) is 18.7 Å². The van der Waals surface area contributed by atoms with Crippen LogP contribution in [-0.2, 0) is 0 Å². The Hall–Kier alpha value is -2.21. The molecule has 0 bridgehead atoms. The van der Waals surface area contributed by atoms with Crippen LogP contribution in [0.25, 0.3) is 5.65 Å². The molecule has 20 heavy (non-hydrogen) atoms. The van der Waals surface area contributed by atoms with E-state index in [4.69, 9.17) is 0 Å². The maximum absolute atomic E-state index is 12.5. The highest BCUT2D eigenvalue weighted by Crippen LogP contribution is 2.05. The van der Waals surface area contributed by atoms with E-state index in [-0.39, 0.29) is 23.1 Å². The van der Waals surface area contributed by atoms with Gasteiger partial charge in [0.05, 0.1) is 0 Å². The van der Waals surface area contributed by atoms with Crippen molar-refractivity contribution in [1.29, 1.82) is 0 Å². The zero-order chi connectivity index (χ0) is 14.1. The van der Waals surface area contributed by atoms with Crippen molar-refractivity contribution in [3.05, 3.63) is 46.5 Å². The number of piperazine rings is 1. The SMILES string of the molecule is CC1CN(C(=O)c2cnc3ccccn3c2=O)CCN1. The van der Waals surface area contributed by atoms with Crippen LogP contribution >= 0.6 is 0 Å². The second-order valence-electron chi connectivity index (χ2n) is 5.01. The number of nitrogens with one attached hydrogen (secondary N) is 1. The lowest BCUT2D eigenvalue weighted by atomic mass is 10.2. The molecule has 2 aromatic rings. The van der Waals surface area contributed by atoms with Crippen LogP contribution < -0.4 is 10.9 Å². The summed E-state index contributed by atoms with van der Waals surface area (Å²) in [7, 11) is 0. The molecule has 0 aliphatic carbocycles. The summed E-state index contributed by atoms with van der Waals surface area (Å²) in [6.07, 6.45) is 3.01. The maximum Gasteiger partial charge on any atom is 0.270 e. The molecule has 3 rings (SSSR count). The lowest BCUT2D eigenvalue weighted by molar-refractivity contribution is 0.0706. The number of nitrogens with zero attached hydrogens (tertiary/aromatic N) is 3. The fraction of sp³-hybridized carbons (Fsp3) is 0.357. The largest absolute Gasteiger partial charge is 0.336 e. The van der Waals surface area contributed by atoms with E-state index in [1.54, 1.807) is 29.3 Å². The molecule has 0 radical (unpaired) electrons. The van der Waals surface area contributed by atoms with Gasteiger partial charge in [-0.1, -0.05) is 6.07 Å². The number of fused-ring (bicyclic) bond motifs is 1. The molecular formula is C14H16N4O2. The quantitative estimate of drug-likeness (QED) is 0.801. The monoisotopic (exact) mass is 272 g/mol. The molecule has 0 saturated carbocycles. The van der Waals surface area contributed by atoms with Crippen LogP contribution in [0.15, 0.2) is 35.4 Å². The van der Waals surface area contributed by atoms with Gasteiger partial charge in [0, 0.05) is 38.1 Å². The summed E-state index contributed by atoms with van der Waals surface area (Å²) in [5.41, 5.74) is 0.359.